The van der Waals surface area contributed by atoms with Gasteiger partial charge in [-0.1, -0.05) is 31.0 Å². The van der Waals surface area contributed by atoms with Crippen molar-refractivity contribution in [3.63, 3.8) is 0 Å². The third-order valence-corrected chi connectivity index (χ3v) is 4.54. The average Bonchev–Trinajstić information content (AvgIpc) is 2.42. The molecular weight excluding hydrogens is 263 g/mol. The van der Waals surface area contributed by atoms with Crippen LogP contribution in [0.5, 0.6) is 0 Å². The summed E-state index contributed by atoms with van der Waals surface area (Å²) >= 11 is 6.16. The van der Waals surface area contributed by atoms with E-state index in [2.05, 4.69) is 11.8 Å². The first-order chi connectivity index (χ1) is 9.15. The van der Waals surface area contributed by atoms with Gasteiger partial charge in [0.25, 0.3) is 0 Å². The Morgan fingerprint density at radius 2 is 2.11 bits per heavy atom. The minimum absolute atomic E-state index is 0.103. The van der Waals surface area contributed by atoms with Crippen molar-refractivity contribution in [1.29, 1.82) is 0 Å². The van der Waals surface area contributed by atoms with Gasteiger partial charge in [0, 0.05) is 17.6 Å². The molecule has 1 aliphatic rings. The monoisotopic (exact) mass is 284 g/mol. The minimum Gasteiger partial charge on any atom is -0.329 e. The SMILES string of the molecule is CCC1CCN(C(CN)c2ccc(F)cc2Cl)CC1. The molecule has 2 rings (SSSR count). The second-order valence-corrected chi connectivity index (χ2v) is 5.71. The summed E-state index contributed by atoms with van der Waals surface area (Å²) in [7, 11) is 0. The lowest BCUT2D eigenvalue weighted by Gasteiger charge is -2.37. The highest BCUT2D eigenvalue weighted by atomic mass is 35.5. The predicted octanol–water partition coefficient (Wildman–Crippen LogP) is 3.60. The molecule has 0 saturated carbocycles. The normalized spacial score (nSPS) is 19.6. The van der Waals surface area contributed by atoms with E-state index in [1.165, 1.54) is 31.4 Å². The van der Waals surface area contributed by atoms with E-state index in [0.29, 0.717) is 11.6 Å². The maximum atomic E-state index is 13.1. The maximum absolute atomic E-state index is 13.1. The van der Waals surface area contributed by atoms with Crippen LogP contribution in [0.25, 0.3) is 0 Å². The van der Waals surface area contributed by atoms with Crippen molar-refractivity contribution in [3.05, 3.63) is 34.6 Å². The molecule has 1 unspecified atom stereocenters. The molecule has 19 heavy (non-hydrogen) atoms. The van der Waals surface area contributed by atoms with E-state index < -0.39 is 0 Å². The standard InChI is InChI=1S/C15H22ClFN2/c1-2-11-5-7-19(8-6-11)15(10-18)13-4-3-12(17)9-14(13)16/h3-4,9,11,15H,2,5-8,10,18H2,1H3. The molecule has 0 spiro atoms. The van der Waals surface area contributed by atoms with Gasteiger partial charge >= 0.3 is 0 Å². The topological polar surface area (TPSA) is 29.3 Å². The Bertz CT molecular complexity index is 417. The van der Waals surface area contributed by atoms with Crippen molar-refractivity contribution < 1.29 is 4.39 Å². The van der Waals surface area contributed by atoms with E-state index in [1.807, 2.05) is 0 Å². The van der Waals surface area contributed by atoms with Crippen LogP contribution >= 0.6 is 11.6 Å². The van der Waals surface area contributed by atoms with Crippen LogP contribution in [0.3, 0.4) is 0 Å². The first-order valence-electron chi connectivity index (χ1n) is 7.04. The van der Waals surface area contributed by atoms with E-state index >= 15 is 0 Å². The first kappa shape index (κ1) is 14.8. The van der Waals surface area contributed by atoms with Crippen molar-refractivity contribution in [2.45, 2.75) is 32.2 Å². The summed E-state index contributed by atoms with van der Waals surface area (Å²) in [6.07, 6.45) is 3.68. The molecule has 1 atom stereocenters. The molecule has 0 bridgehead atoms. The molecule has 0 aliphatic carbocycles. The number of rotatable bonds is 4. The fourth-order valence-electron chi connectivity index (χ4n) is 2.92. The van der Waals surface area contributed by atoms with Gasteiger partial charge in [-0.25, -0.2) is 4.39 Å². The first-order valence-corrected chi connectivity index (χ1v) is 7.42. The van der Waals surface area contributed by atoms with E-state index in [9.17, 15) is 4.39 Å². The highest BCUT2D eigenvalue weighted by molar-refractivity contribution is 6.31. The highest BCUT2D eigenvalue weighted by Gasteiger charge is 2.25. The van der Waals surface area contributed by atoms with Gasteiger partial charge in [-0.2, -0.15) is 0 Å². The molecule has 0 amide bonds. The Balaban J connectivity index is 2.12. The lowest BCUT2D eigenvalue weighted by atomic mass is 9.92. The summed E-state index contributed by atoms with van der Waals surface area (Å²) in [5.41, 5.74) is 6.86. The summed E-state index contributed by atoms with van der Waals surface area (Å²) in [4.78, 5) is 2.38. The smallest absolute Gasteiger partial charge is 0.124 e. The molecule has 1 heterocycles. The molecule has 4 heteroatoms. The van der Waals surface area contributed by atoms with Gasteiger partial charge in [0.05, 0.1) is 0 Å². The number of likely N-dealkylation sites (tertiary alicyclic amines) is 1. The van der Waals surface area contributed by atoms with E-state index in [-0.39, 0.29) is 11.9 Å². The van der Waals surface area contributed by atoms with Gasteiger partial charge in [-0.05, 0) is 49.5 Å². The van der Waals surface area contributed by atoms with Crippen LogP contribution in [0.4, 0.5) is 4.39 Å². The number of halogens is 2. The fourth-order valence-corrected chi connectivity index (χ4v) is 3.21. The molecule has 106 valence electrons. The number of hydrogen-bond donors (Lipinski definition) is 1. The minimum atomic E-state index is -0.297. The third kappa shape index (κ3) is 3.47. The highest BCUT2D eigenvalue weighted by Crippen LogP contribution is 2.31. The Morgan fingerprint density at radius 1 is 1.42 bits per heavy atom. The molecule has 1 fully saturated rings. The van der Waals surface area contributed by atoms with Crippen LogP contribution in [0.1, 0.15) is 37.8 Å². The number of nitrogens with zero attached hydrogens (tertiary/aromatic N) is 1. The van der Waals surface area contributed by atoms with Gasteiger partial charge in [0.15, 0.2) is 0 Å². The molecule has 1 aliphatic heterocycles. The van der Waals surface area contributed by atoms with Gasteiger partial charge in [0.1, 0.15) is 5.82 Å². The van der Waals surface area contributed by atoms with E-state index in [4.69, 9.17) is 17.3 Å². The van der Waals surface area contributed by atoms with Crippen LogP contribution in [0.2, 0.25) is 5.02 Å². The van der Waals surface area contributed by atoms with Crippen LogP contribution in [-0.4, -0.2) is 24.5 Å². The van der Waals surface area contributed by atoms with E-state index in [0.717, 1.165) is 24.6 Å². The molecule has 1 aromatic carbocycles. The molecule has 1 saturated heterocycles. The quantitative estimate of drug-likeness (QED) is 0.915. The van der Waals surface area contributed by atoms with Crippen molar-refractivity contribution in [2.75, 3.05) is 19.6 Å². The van der Waals surface area contributed by atoms with Crippen molar-refractivity contribution in [2.24, 2.45) is 11.7 Å². The van der Waals surface area contributed by atoms with Gasteiger partial charge in [-0.3, -0.25) is 4.90 Å². The molecule has 0 aromatic heterocycles. The predicted molar refractivity (Wildman–Crippen MR) is 77.8 cm³/mol. The molecule has 1 aromatic rings. The zero-order chi connectivity index (χ0) is 13.8. The number of hydrogen-bond acceptors (Lipinski definition) is 2. The zero-order valence-electron chi connectivity index (χ0n) is 11.4. The number of benzene rings is 1. The third-order valence-electron chi connectivity index (χ3n) is 4.21. The van der Waals surface area contributed by atoms with Crippen LogP contribution < -0.4 is 5.73 Å². The zero-order valence-corrected chi connectivity index (χ0v) is 12.2. The van der Waals surface area contributed by atoms with Crippen molar-refractivity contribution in [3.8, 4) is 0 Å². The van der Waals surface area contributed by atoms with E-state index in [1.54, 1.807) is 6.07 Å². The summed E-state index contributed by atoms with van der Waals surface area (Å²) in [6, 6.07) is 4.70. The van der Waals surface area contributed by atoms with Crippen LogP contribution in [0, 0.1) is 11.7 Å². The van der Waals surface area contributed by atoms with Gasteiger partial charge < -0.3 is 5.73 Å². The van der Waals surface area contributed by atoms with Crippen LogP contribution in [-0.2, 0) is 0 Å². The van der Waals surface area contributed by atoms with Gasteiger partial charge in [0.2, 0.25) is 0 Å². The second kappa shape index (κ2) is 6.69. The van der Waals surface area contributed by atoms with Crippen molar-refractivity contribution >= 4 is 11.6 Å². The van der Waals surface area contributed by atoms with Gasteiger partial charge in [-0.15, -0.1) is 0 Å². The Kier molecular flexibility index (Phi) is 5.20. The lowest BCUT2D eigenvalue weighted by molar-refractivity contribution is 0.134. The summed E-state index contributed by atoms with van der Waals surface area (Å²) in [5.74, 6) is 0.535. The maximum Gasteiger partial charge on any atom is 0.124 e. The summed E-state index contributed by atoms with van der Waals surface area (Å²) < 4.78 is 13.1. The Morgan fingerprint density at radius 3 is 2.63 bits per heavy atom. The number of nitrogens with two attached hydrogens (primary N) is 1. The molecular formula is C15H22ClFN2. The lowest BCUT2D eigenvalue weighted by Crippen LogP contribution is -2.39. The fraction of sp³-hybridized carbons (Fsp3) is 0.600. The second-order valence-electron chi connectivity index (χ2n) is 5.30. The largest absolute Gasteiger partial charge is 0.329 e. The molecule has 0 radical (unpaired) electrons. The van der Waals surface area contributed by atoms with Crippen molar-refractivity contribution in [1.82, 2.24) is 4.90 Å². The molecule has 2 N–H and O–H groups in total. The average molecular weight is 285 g/mol. The Hall–Kier alpha value is -0.640. The molecule has 2 nitrogen and oxygen atoms in total. The summed E-state index contributed by atoms with van der Waals surface area (Å²) in [6.45, 7) is 4.86. The van der Waals surface area contributed by atoms with Crippen LogP contribution in [0.15, 0.2) is 18.2 Å². The number of piperidine rings is 1. The Labute approximate surface area is 119 Å². The summed E-state index contributed by atoms with van der Waals surface area (Å²) in [5, 5.41) is 0.480.